The van der Waals surface area contributed by atoms with E-state index in [0.29, 0.717) is 5.92 Å². The van der Waals surface area contributed by atoms with Gasteiger partial charge in [0.15, 0.2) is 0 Å². The number of fused-ring (bicyclic) bond motifs is 2. The standard InChI is InChI=1S/C9H14O2/c1-11-9(10)8-5-6-2-3-7(8)4-6/h6-8H,2-5H2,1H3/t6-,7+,8-/m0/s1. The van der Waals surface area contributed by atoms with Gasteiger partial charge in [0.25, 0.3) is 0 Å². The van der Waals surface area contributed by atoms with E-state index in [-0.39, 0.29) is 11.9 Å². The second-order valence-corrected chi connectivity index (χ2v) is 3.80. The van der Waals surface area contributed by atoms with Crippen LogP contribution in [0.25, 0.3) is 0 Å². The second-order valence-electron chi connectivity index (χ2n) is 3.80. The van der Waals surface area contributed by atoms with Crippen molar-refractivity contribution >= 4 is 5.97 Å². The molecule has 0 amide bonds. The van der Waals surface area contributed by atoms with Crippen molar-refractivity contribution in [3.63, 3.8) is 0 Å². The topological polar surface area (TPSA) is 26.3 Å². The van der Waals surface area contributed by atoms with Gasteiger partial charge < -0.3 is 4.74 Å². The van der Waals surface area contributed by atoms with Crippen LogP contribution in [-0.2, 0) is 9.53 Å². The number of esters is 1. The Bertz CT molecular complexity index is 176. The highest BCUT2D eigenvalue weighted by atomic mass is 16.5. The fraction of sp³-hybridized carbons (Fsp3) is 0.889. The third-order valence-corrected chi connectivity index (χ3v) is 3.24. The van der Waals surface area contributed by atoms with Crippen LogP contribution in [0.1, 0.15) is 25.7 Å². The summed E-state index contributed by atoms with van der Waals surface area (Å²) >= 11 is 0. The molecule has 0 heterocycles. The summed E-state index contributed by atoms with van der Waals surface area (Å²) in [4.78, 5) is 11.2. The first-order valence-corrected chi connectivity index (χ1v) is 4.39. The van der Waals surface area contributed by atoms with Gasteiger partial charge in [-0.25, -0.2) is 0 Å². The van der Waals surface area contributed by atoms with Crippen LogP contribution in [0, 0.1) is 17.8 Å². The first-order chi connectivity index (χ1) is 5.31. The summed E-state index contributed by atoms with van der Waals surface area (Å²) in [6.45, 7) is 0. The van der Waals surface area contributed by atoms with Gasteiger partial charge in [-0.3, -0.25) is 4.79 Å². The SMILES string of the molecule is COC(=O)[C@H]1C[C@H]2CC[C@@H]1C2. The summed E-state index contributed by atoms with van der Waals surface area (Å²) in [5.41, 5.74) is 0. The molecule has 0 N–H and O–H groups in total. The summed E-state index contributed by atoms with van der Waals surface area (Å²) in [5.74, 6) is 1.77. The third-order valence-electron chi connectivity index (χ3n) is 3.24. The van der Waals surface area contributed by atoms with Crippen LogP contribution in [0.5, 0.6) is 0 Å². The zero-order valence-electron chi connectivity index (χ0n) is 6.88. The Labute approximate surface area is 66.9 Å². The zero-order chi connectivity index (χ0) is 7.84. The molecule has 0 unspecified atom stereocenters. The summed E-state index contributed by atoms with van der Waals surface area (Å²) in [5, 5.41) is 0. The Balaban J connectivity index is 2.02. The summed E-state index contributed by atoms with van der Waals surface area (Å²) in [6.07, 6.45) is 4.97. The molecule has 3 atom stereocenters. The van der Waals surface area contributed by atoms with Gasteiger partial charge in [0.1, 0.15) is 0 Å². The molecule has 2 aliphatic carbocycles. The molecule has 2 aliphatic rings. The highest BCUT2D eigenvalue weighted by Crippen LogP contribution is 2.48. The number of ether oxygens (including phenoxy) is 1. The molecular weight excluding hydrogens is 140 g/mol. The van der Waals surface area contributed by atoms with Crippen molar-refractivity contribution in [2.24, 2.45) is 17.8 Å². The van der Waals surface area contributed by atoms with Gasteiger partial charge in [-0.05, 0) is 31.1 Å². The van der Waals surface area contributed by atoms with Gasteiger partial charge >= 0.3 is 5.97 Å². The van der Waals surface area contributed by atoms with Crippen LogP contribution in [0.3, 0.4) is 0 Å². The Kier molecular flexibility index (Phi) is 1.63. The molecule has 2 fully saturated rings. The van der Waals surface area contributed by atoms with E-state index in [4.69, 9.17) is 4.74 Å². The lowest BCUT2D eigenvalue weighted by Crippen LogP contribution is -2.21. The van der Waals surface area contributed by atoms with E-state index in [1.54, 1.807) is 0 Å². The number of carbonyl (C=O) groups is 1. The molecule has 0 aliphatic heterocycles. The predicted molar refractivity (Wildman–Crippen MR) is 41.0 cm³/mol. The van der Waals surface area contributed by atoms with Gasteiger partial charge in [0.2, 0.25) is 0 Å². The molecule has 0 aromatic carbocycles. The fourth-order valence-electron chi connectivity index (χ4n) is 2.68. The monoisotopic (exact) mass is 154 g/mol. The Morgan fingerprint density at radius 2 is 2.18 bits per heavy atom. The normalized spacial score (nSPS) is 41.0. The van der Waals surface area contributed by atoms with Crippen molar-refractivity contribution < 1.29 is 9.53 Å². The van der Waals surface area contributed by atoms with Crippen LogP contribution >= 0.6 is 0 Å². The largest absolute Gasteiger partial charge is 0.469 e. The zero-order valence-corrected chi connectivity index (χ0v) is 6.88. The maximum absolute atomic E-state index is 11.2. The molecule has 0 aromatic rings. The molecule has 0 radical (unpaired) electrons. The number of carbonyl (C=O) groups excluding carboxylic acids is 1. The summed E-state index contributed by atoms with van der Waals surface area (Å²) < 4.78 is 4.75. The highest BCUT2D eigenvalue weighted by molar-refractivity contribution is 5.73. The predicted octanol–water partition coefficient (Wildman–Crippen LogP) is 1.60. The minimum atomic E-state index is 0.0252. The van der Waals surface area contributed by atoms with Crippen molar-refractivity contribution in [1.82, 2.24) is 0 Å². The maximum atomic E-state index is 11.2. The average Bonchev–Trinajstić information content (AvgIpc) is 2.62. The van der Waals surface area contributed by atoms with E-state index < -0.39 is 0 Å². The van der Waals surface area contributed by atoms with Gasteiger partial charge in [-0.15, -0.1) is 0 Å². The van der Waals surface area contributed by atoms with Crippen molar-refractivity contribution in [1.29, 1.82) is 0 Å². The van der Waals surface area contributed by atoms with E-state index >= 15 is 0 Å². The molecule has 2 rings (SSSR count). The van der Waals surface area contributed by atoms with Gasteiger partial charge in [-0.2, -0.15) is 0 Å². The first-order valence-electron chi connectivity index (χ1n) is 4.39. The average molecular weight is 154 g/mol. The Morgan fingerprint density at radius 3 is 2.64 bits per heavy atom. The number of hydrogen-bond acceptors (Lipinski definition) is 2. The lowest BCUT2D eigenvalue weighted by Gasteiger charge is -2.18. The first kappa shape index (κ1) is 7.14. The molecule has 0 aromatic heterocycles. The van der Waals surface area contributed by atoms with Crippen molar-refractivity contribution in [3.8, 4) is 0 Å². The summed E-state index contributed by atoms with van der Waals surface area (Å²) in [6, 6.07) is 0. The van der Waals surface area contributed by atoms with Gasteiger partial charge in [0.05, 0.1) is 13.0 Å². The highest BCUT2D eigenvalue weighted by Gasteiger charge is 2.43. The van der Waals surface area contributed by atoms with Crippen molar-refractivity contribution in [3.05, 3.63) is 0 Å². The smallest absolute Gasteiger partial charge is 0.308 e. The second kappa shape index (κ2) is 2.50. The minimum absolute atomic E-state index is 0.0252. The van der Waals surface area contributed by atoms with E-state index in [9.17, 15) is 4.79 Å². The van der Waals surface area contributed by atoms with E-state index in [1.807, 2.05) is 0 Å². The molecule has 2 bridgehead atoms. The molecule has 2 nitrogen and oxygen atoms in total. The third kappa shape index (κ3) is 1.05. The van der Waals surface area contributed by atoms with E-state index in [0.717, 1.165) is 12.3 Å². The van der Waals surface area contributed by atoms with Crippen LogP contribution in [0.4, 0.5) is 0 Å². The lowest BCUT2D eigenvalue weighted by atomic mass is 9.89. The minimum Gasteiger partial charge on any atom is -0.469 e. The van der Waals surface area contributed by atoms with Crippen LogP contribution in [-0.4, -0.2) is 13.1 Å². The van der Waals surface area contributed by atoms with Crippen LogP contribution in [0.2, 0.25) is 0 Å². The lowest BCUT2D eigenvalue weighted by molar-refractivity contribution is -0.147. The molecule has 62 valence electrons. The van der Waals surface area contributed by atoms with Crippen LogP contribution in [0.15, 0.2) is 0 Å². The maximum Gasteiger partial charge on any atom is 0.308 e. The van der Waals surface area contributed by atoms with Crippen molar-refractivity contribution in [2.45, 2.75) is 25.7 Å². The Hall–Kier alpha value is -0.530. The fourth-order valence-corrected chi connectivity index (χ4v) is 2.68. The van der Waals surface area contributed by atoms with Crippen LogP contribution < -0.4 is 0 Å². The van der Waals surface area contributed by atoms with E-state index in [1.165, 1.54) is 26.4 Å². The molecule has 0 saturated heterocycles. The quantitative estimate of drug-likeness (QED) is 0.536. The number of methoxy groups -OCH3 is 1. The molecule has 11 heavy (non-hydrogen) atoms. The molecule has 2 heteroatoms. The van der Waals surface area contributed by atoms with Gasteiger partial charge in [0, 0.05) is 0 Å². The van der Waals surface area contributed by atoms with E-state index in [2.05, 4.69) is 0 Å². The molecule has 2 saturated carbocycles. The number of rotatable bonds is 1. The Morgan fingerprint density at radius 1 is 1.36 bits per heavy atom. The molecule has 0 spiro atoms. The van der Waals surface area contributed by atoms with Crippen molar-refractivity contribution in [2.75, 3.05) is 7.11 Å². The van der Waals surface area contributed by atoms with Gasteiger partial charge in [-0.1, -0.05) is 6.42 Å². The molecular formula is C9H14O2. The summed E-state index contributed by atoms with van der Waals surface area (Å²) in [7, 11) is 1.49. The number of hydrogen-bond donors (Lipinski definition) is 0.